The first kappa shape index (κ1) is 22.3. The van der Waals surface area contributed by atoms with Gasteiger partial charge in [-0.3, -0.25) is 9.59 Å². The van der Waals surface area contributed by atoms with Crippen LogP contribution in [0.4, 0.5) is 13.2 Å². The fourth-order valence-corrected chi connectivity index (χ4v) is 3.57. The number of benzene rings is 2. The van der Waals surface area contributed by atoms with Gasteiger partial charge in [-0.15, -0.1) is 0 Å². The quantitative estimate of drug-likeness (QED) is 0.449. The van der Waals surface area contributed by atoms with E-state index in [1.54, 1.807) is 6.33 Å². The van der Waals surface area contributed by atoms with Crippen molar-refractivity contribution in [3.63, 3.8) is 0 Å². The van der Waals surface area contributed by atoms with E-state index in [0.717, 1.165) is 27.8 Å². The van der Waals surface area contributed by atoms with Crippen LogP contribution >= 0.6 is 0 Å². The first-order valence-electron chi connectivity index (χ1n) is 10.2. The van der Waals surface area contributed by atoms with Crippen molar-refractivity contribution in [3.8, 4) is 5.69 Å². The molecular formula is C23H20F3N5O2. The van der Waals surface area contributed by atoms with Gasteiger partial charge in [-0.05, 0) is 37.6 Å². The Morgan fingerprint density at radius 3 is 2.61 bits per heavy atom. The van der Waals surface area contributed by atoms with Crippen LogP contribution in [0.5, 0.6) is 0 Å². The molecular weight excluding hydrogens is 435 g/mol. The molecule has 10 heteroatoms. The molecule has 1 amide bonds. The van der Waals surface area contributed by atoms with Gasteiger partial charge in [0, 0.05) is 24.8 Å². The van der Waals surface area contributed by atoms with Gasteiger partial charge in [-0.25, -0.2) is 9.67 Å². The molecule has 0 aliphatic carbocycles. The molecule has 0 radical (unpaired) electrons. The second-order valence-corrected chi connectivity index (χ2v) is 7.46. The molecule has 0 atom stereocenters. The van der Waals surface area contributed by atoms with Crippen LogP contribution < -0.4 is 10.7 Å². The minimum absolute atomic E-state index is 0.181. The predicted octanol–water partition coefficient (Wildman–Crippen LogP) is 3.73. The Morgan fingerprint density at radius 2 is 1.82 bits per heavy atom. The maximum Gasteiger partial charge on any atom is 0.418 e. The van der Waals surface area contributed by atoms with Gasteiger partial charge < -0.3 is 9.88 Å². The number of imidazole rings is 1. The SMILES string of the molecule is Cc1cc(=O)c(C(=O)NCCCn2cnc3ccccc32)nn1-c1ccccc1C(F)(F)F. The Balaban J connectivity index is 1.50. The maximum atomic E-state index is 13.4. The van der Waals surface area contributed by atoms with E-state index in [-0.39, 0.29) is 17.9 Å². The first-order valence-corrected chi connectivity index (χ1v) is 10.2. The van der Waals surface area contributed by atoms with Crippen LogP contribution in [0.25, 0.3) is 16.7 Å². The van der Waals surface area contributed by atoms with Crippen molar-refractivity contribution in [1.29, 1.82) is 0 Å². The van der Waals surface area contributed by atoms with Crippen molar-refractivity contribution in [3.05, 3.63) is 88.1 Å². The summed E-state index contributed by atoms with van der Waals surface area (Å²) in [6, 6.07) is 13.6. The number of fused-ring (bicyclic) bond motifs is 1. The molecule has 0 unspecified atom stereocenters. The summed E-state index contributed by atoms with van der Waals surface area (Å²) >= 11 is 0. The fourth-order valence-electron chi connectivity index (χ4n) is 3.57. The van der Waals surface area contributed by atoms with E-state index in [0.29, 0.717) is 13.0 Å². The zero-order valence-electron chi connectivity index (χ0n) is 17.6. The second kappa shape index (κ2) is 8.89. The number of alkyl halides is 3. The van der Waals surface area contributed by atoms with E-state index in [1.807, 2.05) is 28.8 Å². The van der Waals surface area contributed by atoms with Gasteiger partial charge in [0.05, 0.1) is 28.6 Å². The number of aryl methyl sites for hydroxylation is 2. The topological polar surface area (TPSA) is 81.8 Å². The molecule has 33 heavy (non-hydrogen) atoms. The number of hydrogen-bond donors (Lipinski definition) is 1. The van der Waals surface area contributed by atoms with Crippen LogP contribution in [-0.4, -0.2) is 31.8 Å². The summed E-state index contributed by atoms with van der Waals surface area (Å²) in [7, 11) is 0. The molecule has 7 nitrogen and oxygen atoms in total. The number of hydrogen-bond acceptors (Lipinski definition) is 4. The number of carbonyl (C=O) groups excluding carboxylic acids is 1. The summed E-state index contributed by atoms with van der Waals surface area (Å²) < 4.78 is 43.2. The number of rotatable bonds is 6. The molecule has 4 rings (SSSR count). The zero-order chi connectivity index (χ0) is 23.6. The lowest BCUT2D eigenvalue weighted by Crippen LogP contribution is -2.33. The van der Waals surface area contributed by atoms with Gasteiger partial charge in [-0.1, -0.05) is 24.3 Å². The molecule has 1 N–H and O–H groups in total. The number of nitrogens with zero attached hydrogens (tertiary/aromatic N) is 4. The van der Waals surface area contributed by atoms with Crippen molar-refractivity contribution in [2.24, 2.45) is 0 Å². The second-order valence-electron chi connectivity index (χ2n) is 7.46. The minimum Gasteiger partial charge on any atom is -0.350 e. The summed E-state index contributed by atoms with van der Waals surface area (Å²) in [4.78, 5) is 29.2. The molecule has 170 valence electrons. The van der Waals surface area contributed by atoms with Crippen LogP contribution in [0, 0.1) is 6.92 Å². The fraction of sp³-hybridized carbons (Fsp3) is 0.217. The molecule has 0 saturated heterocycles. The van der Waals surface area contributed by atoms with E-state index in [1.165, 1.54) is 25.1 Å². The number of carbonyl (C=O) groups is 1. The summed E-state index contributed by atoms with van der Waals surface area (Å²) in [6.45, 7) is 2.30. The highest BCUT2D eigenvalue weighted by Crippen LogP contribution is 2.33. The standard InChI is InChI=1S/C23H20F3N5O2/c1-15-13-20(32)21(29-31(15)18-9-4-2-7-16(18)23(24,25)26)22(33)27-11-6-12-30-14-28-17-8-3-5-10-19(17)30/h2-5,7-10,13-14H,6,11-12H2,1H3,(H,27,33). The molecule has 0 saturated carbocycles. The maximum absolute atomic E-state index is 13.4. The lowest BCUT2D eigenvalue weighted by molar-refractivity contribution is -0.137. The van der Waals surface area contributed by atoms with E-state index < -0.39 is 28.8 Å². The number of aromatic nitrogens is 4. The van der Waals surface area contributed by atoms with Crippen LogP contribution in [0.2, 0.25) is 0 Å². The Bertz CT molecular complexity index is 1370. The molecule has 0 fully saturated rings. The highest BCUT2D eigenvalue weighted by atomic mass is 19.4. The third kappa shape index (κ3) is 4.64. The average Bonchev–Trinajstić information content (AvgIpc) is 3.19. The van der Waals surface area contributed by atoms with Crippen molar-refractivity contribution in [2.45, 2.75) is 26.1 Å². The molecule has 4 aromatic rings. The van der Waals surface area contributed by atoms with E-state index in [4.69, 9.17) is 0 Å². The van der Waals surface area contributed by atoms with Gasteiger partial charge in [-0.2, -0.15) is 18.3 Å². The van der Waals surface area contributed by atoms with Crippen LogP contribution in [0.15, 0.2) is 65.7 Å². The Morgan fingerprint density at radius 1 is 1.09 bits per heavy atom. The Hall–Kier alpha value is -3.95. The van der Waals surface area contributed by atoms with E-state index in [9.17, 15) is 22.8 Å². The van der Waals surface area contributed by atoms with Crippen molar-refractivity contribution in [2.75, 3.05) is 6.54 Å². The zero-order valence-corrected chi connectivity index (χ0v) is 17.6. The number of amides is 1. The summed E-state index contributed by atoms with van der Waals surface area (Å²) in [5.74, 6) is -0.742. The predicted molar refractivity (Wildman–Crippen MR) is 116 cm³/mol. The minimum atomic E-state index is -4.62. The largest absolute Gasteiger partial charge is 0.418 e. The smallest absolute Gasteiger partial charge is 0.350 e. The molecule has 0 aliphatic heterocycles. The molecule has 2 aromatic heterocycles. The average molecular weight is 455 g/mol. The van der Waals surface area contributed by atoms with Crippen LogP contribution in [-0.2, 0) is 12.7 Å². The lowest BCUT2D eigenvalue weighted by atomic mass is 10.1. The highest BCUT2D eigenvalue weighted by molar-refractivity contribution is 5.92. The van der Waals surface area contributed by atoms with Crippen LogP contribution in [0.1, 0.15) is 28.2 Å². The highest BCUT2D eigenvalue weighted by Gasteiger charge is 2.34. The monoisotopic (exact) mass is 455 g/mol. The number of para-hydroxylation sites is 3. The molecule has 2 aromatic carbocycles. The Kier molecular flexibility index (Phi) is 5.99. The molecule has 2 heterocycles. The molecule has 0 bridgehead atoms. The first-order chi connectivity index (χ1) is 15.8. The van der Waals surface area contributed by atoms with Gasteiger partial charge in [0.25, 0.3) is 5.91 Å². The van der Waals surface area contributed by atoms with Gasteiger partial charge in [0.15, 0.2) is 5.69 Å². The van der Waals surface area contributed by atoms with Crippen molar-refractivity contribution < 1.29 is 18.0 Å². The summed E-state index contributed by atoms with van der Waals surface area (Å²) in [5.41, 5.74) is -0.288. The van der Waals surface area contributed by atoms with E-state index in [2.05, 4.69) is 15.4 Å². The summed E-state index contributed by atoms with van der Waals surface area (Å²) in [6.07, 6.45) is -2.35. The van der Waals surface area contributed by atoms with E-state index >= 15 is 0 Å². The number of halogens is 3. The van der Waals surface area contributed by atoms with Crippen molar-refractivity contribution in [1.82, 2.24) is 24.6 Å². The lowest BCUT2D eigenvalue weighted by Gasteiger charge is -2.16. The normalized spacial score (nSPS) is 11.6. The molecule has 0 aliphatic rings. The van der Waals surface area contributed by atoms with Crippen LogP contribution in [0.3, 0.4) is 0 Å². The van der Waals surface area contributed by atoms with Gasteiger partial charge >= 0.3 is 6.18 Å². The summed E-state index contributed by atoms with van der Waals surface area (Å²) in [5, 5.41) is 6.59. The van der Waals surface area contributed by atoms with Gasteiger partial charge in [0.1, 0.15) is 0 Å². The van der Waals surface area contributed by atoms with Gasteiger partial charge in [0.2, 0.25) is 5.43 Å². The third-order valence-corrected chi connectivity index (χ3v) is 5.15. The Labute approximate surface area is 186 Å². The van der Waals surface area contributed by atoms with Crippen molar-refractivity contribution >= 4 is 16.9 Å². The third-order valence-electron chi connectivity index (χ3n) is 5.15. The molecule has 0 spiro atoms. The number of nitrogens with one attached hydrogen (secondary N) is 1.